The molecule has 116 valence electrons. The first-order chi connectivity index (χ1) is 9.67. The van der Waals surface area contributed by atoms with Gasteiger partial charge in [-0.25, -0.2) is 8.42 Å². The Hall–Kier alpha value is -1.40. The van der Waals surface area contributed by atoms with Crippen LogP contribution in [-0.2, 0) is 14.8 Å². The lowest BCUT2D eigenvalue weighted by Gasteiger charge is -2.39. The molecule has 1 aromatic carbocycles. The number of sulfonamides is 1. The minimum absolute atomic E-state index is 0.231. The molecular formula is C15H22N2O3S. The van der Waals surface area contributed by atoms with E-state index in [0.717, 1.165) is 5.56 Å². The fraction of sp³-hybridized carbons (Fsp3) is 0.533. The van der Waals surface area contributed by atoms with Crippen LogP contribution in [0.4, 0.5) is 0 Å². The molecule has 21 heavy (non-hydrogen) atoms. The molecule has 6 heteroatoms. The van der Waals surface area contributed by atoms with Crippen molar-refractivity contribution in [1.82, 2.24) is 9.62 Å². The van der Waals surface area contributed by atoms with E-state index < -0.39 is 15.6 Å². The number of nitrogens with one attached hydrogen (secondary N) is 1. The van der Waals surface area contributed by atoms with Gasteiger partial charge in [0.25, 0.3) is 0 Å². The smallest absolute Gasteiger partial charge is 0.244 e. The number of nitrogens with zero attached hydrogens (tertiary/aromatic N) is 1. The minimum Gasteiger partial charge on any atom is -0.353 e. The Morgan fingerprint density at radius 3 is 2.29 bits per heavy atom. The van der Waals surface area contributed by atoms with Crippen LogP contribution in [0.3, 0.4) is 0 Å². The van der Waals surface area contributed by atoms with Gasteiger partial charge in [0, 0.05) is 13.1 Å². The molecule has 0 aromatic heterocycles. The van der Waals surface area contributed by atoms with Crippen molar-refractivity contribution in [2.45, 2.75) is 44.0 Å². The van der Waals surface area contributed by atoms with Gasteiger partial charge in [-0.1, -0.05) is 26.0 Å². The van der Waals surface area contributed by atoms with Crippen LogP contribution in [0.5, 0.6) is 0 Å². The number of hydrogen-bond donors (Lipinski definition) is 1. The zero-order valence-corrected chi connectivity index (χ0v) is 13.7. The fourth-order valence-corrected chi connectivity index (χ4v) is 4.20. The Morgan fingerprint density at radius 2 is 1.76 bits per heavy atom. The fourth-order valence-electron chi connectivity index (χ4n) is 2.45. The molecule has 1 saturated heterocycles. The SMILES string of the molecule is CC(C)c1ccc(S(=O)(=O)N2CCNC(=O)C2(C)C)cc1. The number of carbonyl (C=O) groups excluding carboxylic acids is 1. The van der Waals surface area contributed by atoms with E-state index in [1.807, 2.05) is 12.1 Å². The zero-order valence-electron chi connectivity index (χ0n) is 12.9. The highest BCUT2D eigenvalue weighted by molar-refractivity contribution is 7.89. The highest BCUT2D eigenvalue weighted by atomic mass is 32.2. The molecule has 0 atom stereocenters. The molecule has 1 aromatic rings. The van der Waals surface area contributed by atoms with Gasteiger partial charge in [-0.2, -0.15) is 4.31 Å². The third-order valence-electron chi connectivity index (χ3n) is 3.91. The van der Waals surface area contributed by atoms with Gasteiger partial charge in [-0.05, 0) is 37.5 Å². The molecule has 1 fully saturated rings. The first-order valence-electron chi connectivity index (χ1n) is 7.08. The molecular weight excluding hydrogens is 288 g/mol. The van der Waals surface area contributed by atoms with Crippen LogP contribution in [0, 0.1) is 0 Å². The van der Waals surface area contributed by atoms with Gasteiger partial charge in [0.15, 0.2) is 0 Å². The predicted molar refractivity (Wildman–Crippen MR) is 81.5 cm³/mol. The monoisotopic (exact) mass is 310 g/mol. The maximum atomic E-state index is 12.8. The lowest BCUT2D eigenvalue weighted by atomic mass is 10.0. The second kappa shape index (κ2) is 5.42. The van der Waals surface area contributed by atoms with Gasteiger partial charge in [0.05, 0.1) is 4.90 Å². The maximum absolute atomic E-state index is 12.8. The quantitative estimate of drug-likeness (QED) is 0.924. The predicted octanol–water partition coefficient (Wildman–Crippen LogP) is 1.71. The molecule has 0 saturated carbocycles. The van der Waals surface area contributed by atoms with E-state index in [1.165, 1.54) is 4.31 Å². The highest BCUT2D eigenvalue weighted by Gasteiger charge is 2.44. The van der Waals surface area contributed by atoms with Crippen molar-refractivity contribution >= 4 is 15.9 Å². The number of rotatable bonds is 3. The van der Waals surface area contributed by atoms with Gasteiger partial charge >= 0.3 is 0 Å². The van der Waals surface area contributed by atoms with Gasteiger partial charge in [-0.3, -0.25) is 4.79 Å². The topological polar surface area (TPSA) is 66.5 Å². The van der Waals surface area contributed by atoms with Crippen LogP contribution >= 0.6 is 0 Å². The number of amides is 1. The normalized spacial score (nSPS) is 19.6. The maximum Gasteiger partial charge on any atom is 0.244 e. The molecule has 1 aliphatic rings. The van der Waals surface area contributed by atoms with Gasteiger partial charge < -0.3 is 5.32 Å². The molecule has 5 nitrogen and oxygen atoms in total. The van der Waals surface area contributed by atoms with E-state index in [4.69, 9.17) is 0 Å². The number of hydrogen-bond acceptors (Lipinski definition) is 3. The summed E-state index contributed by atoms with van der Waals surface area (Å²) >= 11 is 0. The molecule has 0 radical (unpaired) electrons. The molecule has 1 aliphatic heterocycles. The first-order valence-corrected chi connectivity index (χ1v) is 8.52. The van der Waals surface area contributed by atoms with Crippen LogP contribution in [-0.4, -0.2) is 37.3 Å². The average molecular weight is 310 g/mol. The number of piperazine rings is 1. The van der Waals surface area contributed by atoms with Crippen LogP contribution < -0.4 is 5.32 Å². The molecule has 0 aliphatic carbocycles. The molecule has 1 N–H and O–H groups in total. The Morgan fingerprint density at radius 1 is 1.19 bits per heavy atom. The summed E-state index contributed by atoms with van der Waals surface area (Å²) in [4.78, 5) is 12.2. The van der Waals surface area contributed by atoms with E-state index in [-0.39, 0.29) is 17.3 Å². The Bertz CT molecular complexity index is 633. The van der Waals surface area contributed by atoms with E-state index in [0.29, 0.717) is 12.5 Å². The Balaban J connectivity index is 2.39. The molecule has 0 unspecified atom stereocenters. The van der Waals surface area contributed by atoms with Crippen molar-refractivity contribution in [3.05, 3.63) is 29.8 Å². The average Bonchev–Trinajstić information content (AvgIpc) is 2.41. The van der Waals surface area contributed by atoms with Crippen molar-refractivity contribution in [3.8, 4) is 0 Å². The standard InChI is InChI=1S/C15H22N2O3S/c1-11(2)12-5-7-13(8-6-12)21(19,20)17-10-9-16-14(18)15(17,3)4/h5-8,11H,9-10H2,1-4H3,(H,16,18). The van der Waals surface area contributed by atoms with Crippen molar-refractivity contribution in [1.29, 1.82) is 0 Å². The largest absolute Gasteiger partial charge is 0.353 e. The van der Waals surface area contributed by atoms with E-state index >= 15 is 0 Å². The summed E-state index contributed by atoms with van der Waals surface area (Å²) in [5, 5.41) is 2.70. The molecule has 2 rings (SSSR count). The summed E-state index contributed by atoms with van der Waals surface area (Å²) in [5.41, 5.74) is 0.0120. The minimum atomic E-state index is -3.67. The second-order valence-corrected chi connectivity index (χ2v) is 7.98. The second-order valence-electron chi connectivity index (χ2n) is 6.12. The Kier molecular flexibility index (Phi) is 4.13. The summed E-state index contributed by atoms with van der Waals surface area (Å²) in [6.45, 7) is 7.99. The lowest BCUT2D eigenvalue weighted by Crippen LogP contribution is -2.63. The van der Waals surface area contributed by atoms with Crippen LogP contribution in [0.2, 0.25) is 0 Å². The van der Waals surface area contributed by atoms with Gasteiger partial charge in [0.2, 0.25) is 15.9 Å². The van der Waals surface area contributed by atoms with E-state index in [9.17, 15) is 13.2 Å². The summed E-state index contributed by atoms with van der Waals surface area (Å²) in [6.07, 6.45) is 0. The highest BCUT2D eigenvalue weighted by Crippen LogP contribution is 2.27. The van der Waals surface area contributed by atoms with Crippen LogP contribution in [0.15, 0.2) is 29.2 Å². The Labute approximate surface area is 126 Å². The first kappa shape index (κ1) is 16.0. The number of carbonyl (C=O) groups is 1. The zero-order chi connectivity index (χ0) is 15.8. The molecule has 0 spiro atoms. The summed E-state index contributed by atoms with van der Waals surface area (Å²) in [6, 6.07) is 6.89. The van der Waals surface area contributed by atoms with Crippen LogP contribution in [0.1, 0.15) is 39.2 Å². The lowest BCUT2D eigenvalue weighted by molar-refractivity contribution is -0.131. The third kappa shape index (κ3) is 2.82. The molecule has 1 heterocycles. The number of benzene rings is 1. The summed E-state index contributed by atoms with van der Waals surface area (Å²) in [7, 11) is -3.67. The summed E-state index contributed by atoms with van der Waals surface area (Å²) in [5.74, 6) is 0.0788. The van der Waals surface area contributed by atoms with Gasteiger partial charge in [-0.15, -0.1) is 0 Å². The van der Waals surface area contributed by atoms with Crippen molar-refractivity contribution in [2.75, 3.05) is 13.1 Å². The summed E-state index contributed by atoms with van der Waals surface area (Å²) < 4.78 is 26.8. The van der Waals surface area contributed by atoms with E-state index in [2.05, 4.69) is 19.2 Å². The van der Waals surface area contributed by atoms with Crippen molar-refractivity contribution in [2.24, 2.45) is 0 Å². The third-order valence-corrected chi connectivity index (χ3v) is 6.00. The molecule has 1 amide bonds. The van der Waals surface area contributed by atoms with Crippen molar-refractivity contribution in [3.63, 3.8) is 0 Å². The van der Waals surface area contributed by atoms with Crippen LogP contribution in [0.25, 0.3) is 0 Å². The van der Waals surface area contributed by atoms with E-state index in [1.54, 1.807) is 26.0 Å². The van der Waals surface area contributed by atoms with Crippen molar-refractivity contribution < 1.29 is 13.2 Å². The molecule has 0 bridgehead atoms. The van der Waals surface area contributed by atoms with Gasteiger partial charge in [0.1, 0.15) is 5.54 Å².